The van der Waals surface area contributed by atoms with Crippen LogP contribution in [0.3, 0.4) is 0 Å². The minimum absolute atomic E-state index is 0.0458. The smallest absolute Gasteiger partial charge is 0.261 e. The first-order chi connectivity index (χ1) is 22.3. The summed E-state index contributed by atoms with van der Waals surface area (Å²) in [7, 11) is 6.15. The predicted molar refractivity (Wildman–Crippen MR) is 170 cm³/mol. The van der Waals surface area contributed by atoms with Gasteiger partial charge in [-0.15, -0.1) is 0 Å². The molecule has 2 aliphatic rings. The Labute approximate surface area is 270 Å². The highest BCUT2D eigenvalue weighted by Gasteiger charge is 2.50. The first-order valence-electron chi connectivity index (χ1n) is 15.4. The highest BCUT2D eigenvalue weighted by atomic mass is 16.7. The molecule has 0 spiro atoms. The Hall–Kier alpha value is -4.10. The number of benzene rings is 2. The highest BCUT2D eigenvalue weighted by molar-refractivity contribution is 6.30. The van der Waals surface area contributed by atoms with E-state index < -0.39 is 12.6 Å². The molecule has 0 N–H and O–H groups in total. The fraction of sp³-hybridized carbons (Fsp3) is 0.471. The number of methoxy groups -OCH3 is 4. The van der Waals surface area contributed by atoms with Gasteiger partial charge in [0, 0.05) is 37.6 Å². The summed E-state index contributed by atoms with van der Waals surface area (Å²) in [5, 5.41) is 0. The molecule has 2 aromatic rings. The second kappa shape index (κ2) is 15.9. The number of carbonyl (C=O) groups is 2. The molecule has 4 rings (SSSR count). The van der Waals surface area contributed by atoms with Crippen LogP contribution in [-0.2, 0) is 28.5 Å². The van der Waals surface area contributed by atoms with E-state index in [0.717, 1.165) is 0 Å². The van der Waals surface area contributed by atoms with E-state index in [1.165, 1.54) is 14.2 Å². The number of amides is 2. The molecular formula is C34H44N2O10. The SMILES string of the molecule is CCOC(CN1C(=O)C2=C(c3ccc(OC)c(OC)c3)N(CC(OCC)OCC)C(=O)C2=C1c1ccc(OC)c(OC)c1)OCC. The van der Waals surface area contributed by atoms with Crippen LogP contribution in [0.15, 0.2) is 47.5 Å². The molecule has 0 atom stereocenters. The molecule has 12 nitrogen and oxygen atoms in total. The molecule has 0 aromatic heterocycles. The zero-order valence-corrected chi connectivity index (χ0v) is 27.8. The lowest BCUT2D eigenvalue weighted by molar-refractivity contribution is -0.151. The Balaban J connectivity index is 2.01. The number of nitrogens with zero attached hydrogens (tertiary/aromatic N) is 2. The third kappa shape index (κ3) is 6.85. The average molecular weight is 641 g/mol. The average Bonchev–Trinajstić information content (AvgIpc) is 3.50. The Morgan fingerprint density at radius 1 is 0.522 bits per heavy atom. The molecule has 46 heavy (non-hydrogen) atoms. The standard InChI is InChI=1S/C34H44N2O10/c1-9-43-27(44-10-2)19-35-31(21-13-15-23(39-5)25(17-21)41-7)29-30(33(35)37)32(22-14-16-24(40-6)26(18-22)42-8)36(34(29)38)20-28(45-11-3)46-12-4/h13-18,27-28H,9-12,19-20H2,1-8H3. The van der Waals surface area contributed by atoms with Crippen molar-refractivity contribution in [1.29, 1.82) is 0 Å². The number of hydrogen-bond acceptors (Lipinski definition) is 10. The van der Waals surface area contributed by atoms with Gasteiger partial charge in [-0.2, -0.15) is 0 Å². The third-order valence-corrected chi connectivity index (χ3v) is 7.57. The zero-order chi connectivity index (χ0) is 33.4. The Morgan fingerprint density at radius 3 is 1.13 bits per heavy atom. The first kappa shape index (κ1) is 34.8. The van der Waals surface area contributed by atoms with Crippen molar-refractivity contribution in [2.24, 2.45) is 0 Å². The van der Waals surface area contributed by atoms with Gasteiger partial charge in [-0.3, -0.25) is 9.59 Å². The van der Waals surface area contributed by atoms with Gasteiger partial charge < -0.3 is 47.7 Å². The summed E-state index contributed by atoms with van der Waals surface area (Å²) in [4.78, 5) is 32.4. The van der Waals surface area contributed by atoms with E-state index in [2.05, 4.69) is 0 Å². The van der Waals surface area contributed by atoms with Crippen molar-refractivity contribution in [2.45, 2.75) is 40.3 Å². The van der Waals surface area contributed by atoms with Crippen LogP contribution in [0.5, 0.6) is 23.0 Å². The van der Waals surface area contributed by atoms with Gasteiger partial charge >= 0.3 is 0 Å². The lowest BCUT2D eigenvalue weighted by Gasteiger charge is -2.29. The molecule has 0 radical (unpaired) electrons. The number of rotatable bonds is 18. The lowest BCUT2D eigenvalue weighted by Crippen LogP contribution is -2.39. The van der Waals surface area contributed by atoms with Crippen LogP contribution in [0, 0.1) is 0 Å². The zero-order valence-electron chi connectivity index (χ0n) is 27.8. The molecule has 2 amide bonds. The van der Waals surface area contributed by atoms with Crippen LogP contribution in [-0.4, -0.2) is 102 Å². The van der Waals surface area contributed by atoms with Crippen molar-refractivity contribution in [3.63, 3.8) is 0 Å². The first-order valence-corrected chi connectivity index (χ1v) is 15.4. The molecule has 250 valence electrons. The molecule has 2 heterocycles. The van der Waals surface area contributed by atoms with Crippen molar-refractivity contribution in [2.75, 3.05) is 68.0 Å². The third-order valence-electron chi connectivity index (χ3n) is 7.57. The van der Waals surface area contributed by atoms with Crippen LogP contribution in [0.25, 0.3) is 11.4 Å². The van der Waals surface area contributed by atoms with Gasteiger partial charge in [-0.1, -0.05) is 0 Å². The van der Waals surface area contributed by atoms with Gasteiger partial charge in [0.15, 0.2) is 35.6 Å². The summed E-state index contributed by atoms with van der Waals surface area (Å²) in [6, 6.07) is 10.5. The molecule has 0 fully saturated rings. The summed E-state index contributed by atoms with van der Waals surface area (Å²) in [6.07, 6.45) is -1.46. The van der Waals surface area contributed by atoms with Gasteiger partial charge in [0.25, 0.3) is 11.8 Å². The second-order valence-corrected chi connectivity index (χ2v) is 10.1. The van der Waals surface area contributed by atoms with Gasteiger partial charge in [-0.05, 0) is 64.1 Å². The van der Waals surface area contributed by atoms with Crippen LogP contribution in [0.1, 0.15) is 38.8 Å². The summed E-state index contributed by atoms with van der Waals surface area (Å²) in [5.74, 6) is 1.14. The largest absolute Gasteiger partial charge is 0.493 e. The second-order valence-electron chi connectivity index (χ2n) is 10.1. The summed E-state index contributed by atoms with van der Waals surface area (Å²) in [5.41, 5.74) is 2.44. The number of fused-ring (bicyclic) bond motifs is 1. The molecule has 0 saturated carbocycles. The monoisotopic (exact) mass is 640 g/mol. The quantitative estimate of drug-likeness (QED) is 0.218. The van der Waals surface area contributed by atoms with Crippen molar-refractivity contribution in [1.82, 2.24) is 9.80 Å². The van der Waals surface area contributed by atoms with Gasteiger partial charge in [0.05, 0.1) is 64.1 Å². The Kier molecular flexibility index (Phi) is 12.1. The number of ether oxygens (including phenoxy) is 8. The lowest BCUT2D eigenvalue weighted by atomic mass is 10.0. The van der Waals surface area contributed by atoms with E-state index in [0.29, 0.717) is 71.9 Å². The molecule has 0 bridgehead atoms. The fourth-order valence-electron chi connectivity index (χ4n) is 5.66. The number of hydrogen-bond donors (Lipinski definition) is 0. The van der Waals surface area contributed by atoms with Gasteiger partial charge in [0.1, 0.15) is 0 Å². The van der Waals surface area contributed by atoms with Crippen LogP contribution < -0.4 is 18.9 Å². The summed E-state index contributed by atoms with van der Waals surface area (Å²) >= 11 is 0. The van der Waals surface area contributed by atoms with E-state index in [4.69, 9.17) is 37.9 Å². The molecule has 2 aromatic carbocycles. The Morgan fingerprint density at radius 2 is 0.848 bits per heavy atom. The van der Waals surface area contributed by atoms with E-state index in [1.807, 2.05) is 27.7 Å². The molecule has 12 heteroatoms. The fourth-order valence-corrected chi connectivity index (χ4v) is 5.66. The molecule has 0 unspecified atom stereocenters. The Bertz CT molecular complexity index is 1350. The normalized spacial score (nSPS) is 14.7. The van der Waals surface area contributed by atoms with Crippen LogP contribution in [0.2, 0.25) is 0 Å². The molecular weight excluding hydrogens is 596 g/mol. The minimum Gasteiger partial charge on any atom is -0.493 e. The van der Waals surface area contributed by atoms with Crippen molar-refractivity contribution in [3.05, 3.63) is 58.7 Å². The predicted octanol–water partition coefficient (Wildman–Crippen LogP) is 4.33. The number of carbonyl (C=O) groups excluding carboxylic acids is 2. The van der Waals surface area contributed by atoms with Crippen LogP contribution in [0.4, 0.5) is 0 Å². The minimum atomic E-state index is -0.731. The van der Waals surface area contributed by atoms with E-state index in [-0.39, 0.29) is 36.1 Å². The van der Waals surface area contributed by atoms with E-state index in [9.17, 15) is 9.59 Å². The maximum absolute atomic E-state index is 14.6. The van der Waals surface area contributed by atoms with E-state index in [1.54, 1.807) is 60.4 Å². The molecule has 0 aliphatic carbocycles. The topological polar surface area (TPSA) is 114 Å². The van der Waals surface area contributed by atoms with Crippen molar-refractivity contribution in [3.8, 4) is 23.0 Å². The summed E-state index contributed by atoms with van der Waals surface area (Å²) < 4.78 is 45.5. The maximum atomic E-state index is 14.6. The van der Waals surface area contributed by atoms with Crippen LogP contribution >= 0.6 is 0 Å². The molecule has 0 saturated heterocycles. The van der Waals surface area contributed by atoms with Crippen molar-refractivity contribution >= 4 is 23.2 Å². The summed E-state index contributed by atoms with van der Waals surface area (Å²) in [6.45, 7) is 9.00. The maximum Gasteiger partial charge on any atom is 0.261 e. The van der Waals surface area contributed by atoms with E-state index >= 15 is 0 Å². The van der Waals surface area contributed by atoms with Gasteiger partial charge in [0.2, 0.25) is 0 Å². The molecule has 2 aliphatic heterocycles. The van der Waals surface area contributed by atoms with Gasteiger partial charge in [-0.25, -0.2) is 0 Å². The highest BCUT2D eigenvalue weighted by Crippen LogP contribution is 2.48. The van der Waals surface area contributed by atoms with Crippen molar-refractivity contribution < 1.29 is 47.5 Å².